The van der Waals surface area contributed by atoms with E-state index in [1.54, 1.807) is 0 Å². The normalized spacial score (nSPS) is 23.4. The second kappa shape index (κ2) is 8.70. The van der Waals surface area contributed by atoms with Crippen LogP contribution in [0, 0.1) is 0 Å². The van der Waals surface area contributed by atoms with Crippen LogP contribution in [0.15, 0.2) is 59.6 Å². The number of hydrogen-bond donors (Lipinski definition) is 4. The maximum absolute atomic E-state index is 9.80. The van der Waals surface area contributed by atoms with Crippen molar-refractivity contribution in [3.05, 3.63) is 65.9 Å². The number of aromatic nitrogens is 1. The summed E-state index contributed by atoms with van der Waals surface area (Å²) in [7, 11) is -1.23. The lowest BCUT2D eigenvalue weighted by atomic mass is 10.0. The number of nitrogens with one attached hydrogen (secondary N) is 2. The number of rotatable bonds is 7. The van der Waals surface area contributed by atoms with Gasteiger partial charge in [-0.3, -0.25) is 5.32 Å². The first kappa shape index (κ1) is 22.2. The van der Waals surface area contributed by atoms with Gasteiger partial charge in [0, 0.05) is 33.6 Å². The fraction of sp³-hybridized carbons (Fsp3) is 0.391. The number of aliphatic hydroxyl groups excluding tert-OH is 2. The fourth-order valence-corrected chi connectivity index (χ4v) is 9.12. The summed E-state index contributed by atoms with van der Waals surface area (Å²) in [5, 5.41) is 24.5. The van der Waals surface area contributed by atoms with Gasteiger partial charge in [-0.15, -0.1) is 12.4 Å². The SMILES string of the molecule is CC1CS(CNC(C)(CO)CO)(Cc2ccccc2)c2c1ccc1[nH]ccc21.Cl. The predicted octanol–water partition coefficient (Wildman–Crippen LogP) is 4.36. The highest BCUT2D eigenvalue weighted by molar-refractivity contribution is 8.33. The molecule has 0 saturated heterocycles. The molecule has 2 unspecified atom stereocenters. The molecule has 1 aliphatic heterocycles. The van der Waals surface area contributed by atoms with Gasteiger partial charge >= 0.3 is 0 Å². The van der Waals surface area contributed by atoms with Gasteiger partial charge in [-0.2, -0.15) is 10.0 Å². The molecule has 2 heterocycles. The Morgan fingerprint density at radius 3 is 2.52 bits per heavy atom. The summed E-state index contributed by atoms with van der Waals surface area (Å²) in [5.41, 5.74) is 3.32. The molecule has 4 rings (SSSR count). The van der Waals surface area contributed by atoms with Crippen molar-refractivity contribution in [2.45, 2.75) is 36.0 Å². The minimum Gasteiger partial charge on any atom is -0.394 e. The Morgan fingerprint density at radius 1 is 1.10 bits per heavy atom. The lowest BCUT2D eigenvalue weighted by Gasteiger charge is -2.41. The topological polar surface area (TPSA) is 68.3 Å². The largest absolute Gasteiger partial charge is 0.394 e. The molecule has 29 heavy (non-hydrogen) atoms. The molecule has 0 radical (unpaired) electrons. The van der Waals surface area contributed by atoms with E-state index in [-0.39, 0.29) is 25.6 Å². The van der Waals surface area contributed by atoms with Crippen molar-refractivity contribution in [1.82, 2.24) is 10.3 Å². The molecule has 0 fully saturated rings. The van der Waals surface area contributed by atoms with Gasteiger partial charge in [0.05, 0.1) is 18.8 Å². The fourth-order valence-electron chi connectivity index (χ4n) is 4.33. The van der Waals surface area contributed by atoms with E-state index in [1.165, 1.54) is 26.9 Å². The van der Waals surface area contributed by atoms with Crippen LogP contribution >= 0.6 is 22.4 Å². The summed E-state index contributed by atoms with van der Waals surface area (Å²) in [6.07, 6.45) is 2.03. The zero-order chi connectivity index (χ0) is 19.8. The van der Waals surface area contributed by atoms with Crippen LogP contribution in [-0.2, 0) is 5.75 Å². The van der Waals surface area contributed by atoms with Crippen molar-refractivity contribution >= 4 is 33.3 Å². The number of halogens is 1. The molecule has 3 aromatic rings. The molecule has 4 N–H and O–H groups in total. The number of aliphatic hydroxyl groups is 2. The van der Waals surface area contributed by atoms with E-state index in [4.69, 9.17) is 0 Å². The molecule has 0 amide bonds. The molecule has 0 bridgehead atoms. The molecule has 2 atom stereocenters. The van der Waals surface area contributed by atoms with Crippen molar-refractivity contribution in [2.75, 3.05) is 24.8 Å². The third-order valence-corrected chi connectivity index (χ3v) is 10.0. The molecule has 0 saturated carbocycles. The van der Waals surface area contributed by atoms with Crippen LogP contribution in [0.1, 0.15) is 30.9 Å². The van der Waals surface area contributed by atoms with Gasteiger partial charge in [-0.05, 0) is 41.9 Å². The first-order valence-electron chi connectivity index (χ1n) is 9.87. The maximum Gasteiger partial charge on any atom is 0.0633 e. The Labute approximate surface area is 180 Å². The van der Waals surface area contributed by atoms with Crippen molar-refractivity contribution in [3.8, 4) is 0 Å². The van der Waals surface area contributed by atoms with Crippen molar-refractivity contribution in [1.29, 1.82) is 0 Å². The molecule has 4 nitrogen and oxygen atoms in total. The number of fused-ring (bicyclic) bond motifs is 3. The molecule has 0 aliphatic carbocycles. The lowest BCUT2D eigenvalue weighted by molar-refractivity contribution is 0.109. The number of H-pyrrole nitrogens is 1. The van der Waals surface area contributed by atoms with Crippen LogP contribution in [0.25, 0.3) is 10.9 Å². The number of aromatic amines is 1. The van der Waals surface area contributed by atoms with Gasteiger partial charge in [0.1, 0.15) is 0 Å². The van der Waals surface area contributed by atoms with Crippen LogP contribution in [0.3, 0.4) is 0 Å². The minimum absolute atomic E-state index is 0. The van der Waals surface area contributed by atoms with Gasteiger partial charge in [0.2, 0.25) is 0 Å². The Kier molecular flexibility index (Phi) is 6.66. The summed E-state index contributed by atoms with van der Waals surface area (Å²) in [4.78, 5) is 4.87. The summed E-state index contributed by atoms with van der Waals surface area (Å²) in [5.74, 6) is 3.43. The highest BCUT2D eigenvalue weighted by atomic mass is 35.5. The van der Waals surface area contributed by atoms with E-state index in [0.29, 0.717) is 5.92 Å². The summed E-state index contributed by atoms with van der Waals surface area (Å²) < 4.78 is 0. The van der Waals surface area contributed by atoms with Gasteiger partial charge in [-0.25, -0.2) is 0 Å². The molecular formula is C23H31ClN2O2S. The molecule has 1 aromatic heterocycles. The highest BCUT2D eigenvalue weighted by Crippen LogP contribution is 2.68. The number of hydrogen-bond acceptors (Lipinski definition) is 3. The average molecular weight is 435 g/mol. The number of benzene rings is 2. The summed E-state index contributed by atoms with van der Waals surface area (Å²) in [6, 6.07) is 17.4. The van der Waals surface area contributed by atoms with Gasteiger partial charge in [0.15, 0.2) is 0 Å². The molecule has 6 heteroatoms. The van der Waals surface area contributed by atoms with E-state index in [9.17, 15) is 10.2 Å². The smallest absolute Gasteiger partial charge is 0.0633 e. The molecule has 158 valence electrons. The Hall–Kier alpha value is -1.50. The second-order valence-electron chi connectivity index (χ2n) is 8.36. The summed E-state index contributed by atoms with van der Waals surface area (Å²) in [6.45, 7) is 4.05. The van der Waals surface area contributed by atoms with E-state index < -0.39 is 15.6 Å². The van der Waals surface area contributed by atoms with Crippen molar-refractivity contribution in [3.63, 3.8) is 0 Å². The van der Waals surface area contributed by atoms with E-state index in [0.717, 1.165) is 17.4 Å². The van der Waals surface area contributed by atoms with Crippen molar-refractivity contribution < 1.29 is 10.2 Å². The van der Waals surface area contributed by atoms with Crippen molar-refractivity contribution in [2.24, 2.45) is 0 Å². The first-order valence-corrected chi connectivity index (χ1v) is 12.0. The third-order valence-electron chi connectivity index (χ3n) is 6.01. The predicted molar refractivity (Wildman–Crippen MR) is 125 cm³/mol. The van der Waals surface area contributed by atoms with E-state index in [1.807, 2.05) is 13.1 Å². The average Bonchev–Trinajstić information content (AvgIpc) is 3.30. The standard InChI is InChI=1S/C23H30N2O2S.ClH/c1-17-12-28(13-18-6-4-3-5-7-18,16-25-23(2,14-26)15-27)22-19(17)8-9-21-20(22)10-11-24-21;/h3-11,17,24-27H,12-16H2,1-2H3;1H. The zero-order valence-electron chi connectivity index (χ0n) is 17.0. The monoisotopic (exact) mass is 434 g/mol. The second-order valence-corrected chi connectivity index (χ2v) is 11.8. The molecule has 1 aliphatic rings. The Balaban J connectivity index is 0.00000240. The van der Waals surface area contributed by atoms with Crippen LogP contribution in [0.5, 0.6) is 0 Å². The van der Waals surface area contributed by atoms with Crippen LogP contribution in [0.2, 0.25) is 0 Å². The van der Waals surface area contributed by atoms with Gasteiger partial charge in [-0.1, -0.05) is 43.3 Å². The Bertz CT molecular complexity index is 958. The maximum atomic E-state index is 9.80. The molecule has 0 spiro atoms. The molecule has 2 aromatic carbocycles. The third kappa shape index (κ3) is 4.07. The van der Waals surface area contributed by atoms with E-state index >= 15 is 0 Å². The summed E-state index contributed by atoms with van der Waals surface area (Å²) >= 11 is 0. The lowest BCUT2D eigenvalue weighted by Crippen LogP contribution is -2.50. The minimum atomic E-state index is -1.23. The van der Waals surface area contributed by atoms with Crippen LogP contribution in [-0.4, -0.2) is 45.6 Å². The van der Waals surface area contributed by atoms with E-state index in [2.05, 4.69) is 65.8 Å². The van der Waals surface area contributed by atoms with Gasteiger partial charge in [0.25, 0.3) is 0 Å². The van der Waals surface area contributed by atoms with Gasteiger partial charge < -0.3 is 15.2 Å². The Morgan fingerprint density at radius 2 is 1.83 bits per heavy atom. The van der Waals surface area contributed by atoms with Crippen LogP contribution < -0.4 is 5.32 Å². The van der Waals surface area contributed by atoms with Crippen LogP contribution in [0.4, 0.5) is 0 Å². The highest BCUT2D eigenvalue weighted by Gasteiger charge is 2.40. The quantitative estimate of drug-likeness (QED) is 0.446. The molecular weight excluding hydrogens is 404 g/mol. The first-order chi connectivity index (χ1) is 13.5. The zero-order valence-corrected chi connectivity index (χ0v) is 18.7.